The molecule has 3 N–H and O–H groups in total. The number of rotatable bonds is 9. The van der Waals surface area contributed by atoms with E-state index in [9.17, 15) is 9.59 Å². The first kappa shape index (κ1) is 17.9. The van der Waals surface area contributed by atoms with Crippen LogP contribution in [-0.2, 0) is 4.79 Å². The lowest BCUT2D eigenvalue weighted by atomic mass is 10.2. The summed E-state index contributed by atoms with van der Waals surface area (Å²) in [6, 6.07) is 0.0895. The molecule has 1 aliphatic heterocycles. The minimum Gasteiger partial charge on any atom is -0.338 e. The molecule has 6 nitrogen and oxygen atoms in total. The van der Waals surface area contributed by atoms with Crippen LogP contribution >= 0.6 is 0 Å². The summed E-state index contributed by atoms with van der Waals surface area (Å²) in [5.41, 5.74) is 0. The van der Waals surface area contributed by atoms with Crippen molar-refractivity contribution in [3.05, 3.63) is 0 Å². The highest BCUT2D eigenvalue weighted by Crippen LogP contribution is 2.07. The Morgan fingerprint density at radius 3 is 2.71 bits per heavy atom. The Morgan fingerprint density at radius 2 is 2.10 bits per heavy atom. The van der Waals surface area contributed by atoms with Gasteiger partial charge in [0, 0.05) is 19.1 Å². The fourth-order valence-corrected chi connectivity index (χ4v) is 2.57. The first-order valence-corrected chi connectivity index (χ1v) is 8.19. The van der Waals surface area contributed by atoms with E-state index in [4.69, 9.17) is 0 Å². The number of nitrogens with one attached hydrogen (secondary N) is 3. The van der Waals surface area contributed by atoms with E-state index in [0.717, 1.165) is 38.9 Å². The number of carbonyl (C=O) groups is 2. The predicted octanol–water partition coefficient (Wildman–Crippen LogP) is 1.08. The number of amides is 3. The van der Waals surface area contributed by atoms with Gasteiger partial charge >= 0.3 is 6.03 Å². The molecular formula is C15H30N4O2. The molecule has 1 unspecified atom stereocenters. The zero-order valence-electron chi connectivity index (χ0n) is 13.4. The minimum atomic E-state index is -0.385. The van der Waals surface area contributed by atoms with Gasteiger partial charge in [0.1, 0.15) is 0 Å². The van der Waals surface area contributed by atoms with Gasteiger partial charge in [0.25, 0.3) is 0 Å². The quantitative estimate of drug-likeness (QED) is 0.557. The maximum atomic E-state index is 11.9. The molecule has 0 radical (unpaired) electrons. The van der Waals surface area contributed by atoms with Gasteiger partial charge in [-0.15, -0.1) is 0 Å². The normalized spacial score (nSPS) is 18.0. The zero-order valence-corrected chi connectivity index (χ0v) is 13.4. The van der Waals surface area contributed by atoms with Gasteiger partial charge < -0.3 is 10.6 Å². The van der Waals surface area contributed by atoms with Crippen LogP contribution in [0.25, 0.3) is 0 Å². The zero-order chi connectivity index (χ0) is 15.5. The molecule has 0 aromatic rings. The summed E-state index contributed by atoms with van der Waals surface area (Å²) in [7, 11) is 0. The number of unbranched alkanes of at least 4 members (excludes halogenated alkanes) is 1. The largest absolute Gasteiger partial charge is 0.338 e. The van der Waals surface area contributed by atoms with Crippen molar-refractivity contribution in [1.29, 1.82) is 0 Å². The number of hydrogen-bond acceptors (Lipinski definition) is 4. The summed E-state index contributed by atoms with van der Waals surface area (Å²) in [5.74, 6) is -0.226. The Hall–Kier alpha value is -1.14. The van der Waals surface area contributed by atoms with E-state index < -0.39 is 0 Å². The second-order valence-electron chi connectivity index (χ2n) is 5.69. The highest BCUT2D eigenvalue weighted by molar-refractivity contribution is 5.95. The average Bonchev–Trinajstić information content (AvgIpc) is 2.92. The number of imide groups is 1. The van der Waals surface area contributed by atoms with Crippen LogP contribution < -0.4 is 16.0 Å². The lowest BCUT2D eigenvalue weighted by Gasteiger charge is -2.24. The maximum Gasteiger partial charge on any atom is 0.321 e. The van der Waals surface area contributed by atoms with Crippen LogP contribution in [0.4, 0.5) is 4.79 Å². The second-order valence-corrected chi connectivity index (χ2v) is 5.69. The smallest absolute Gasteiger partial charge is 0.321 e. The van der Waals surface area contributed by atoms with Crippen LogP contribution in [0, 0.1) is 0 Å². The molecule has 0 aromatic heterocycles. The third-order valence-corrected chi connectivity index (χ3v) is 3.62. The van der Waals surface area contributed by atoms with Crippen molar-refractivity contribution >= 4 is 11.9 Å². The molecular weight excluding hydrogens is 268 g/mol. The van der Waals surface area contributed by atoms with Crippen LogP contribution in [0.1, 0.15) is 46.0 Å². The Bertz CT molecular complexity index is 317. The molecule has 3 amide bonds. The molecule has 1 rings (SSSR count). The van der Waals surface area contributed by atoms with E-state index in [1.54, 1.807) is 0 Å². The monoisotopic (exact) mass is 298 g/mol. The summed E-state index contributed by atoms with van der Waals surface area (Å²) in [4.78, 5) is 25.6. The molecule has 1 heterocycles. The van der Waals surface area contributed by atoms with Crippen molar-refractivity contribution in [3.63, 3.8) is 0 Å². The van der Waals surface area contributed by atoms with Gasteiger partial charge in [-0.05, 0) is 38.8 Å². The highest BCUT2D eigenvalue weighted by Gasteiger charge is 2.19. The Morgan fingerprint density at radius 1 is 1.29 bits per heavy atom. The molecule has 1 aliphatic rings. The average molecular weight is 298 g/mol. The van der Waals surface area contributed by atoms with Crippen molar-refractivity contribution in [2.24, 2.45) is 0 Å². The molecule has 6 heteroatoms. The summed E-state index contributed by atoms with van der Waals surface area (Å²) >= 11 is 0. The van der Waals surface area contributed by atoms with Crippen molar-refractivity contribution < 1.29 is 9.59 Å². The molecule has 0 bridgehead atoms. The van der Waals surface area contributed by atoms with Crippen LogP contribution in [0.2, 0.25) is 0 Å². The molecule has 1 atom stereocenters. The van der Waals surface area contributed by atoms with E-state index >= 15 is 0 Å². The second kappa shape index (κ2) is 10.6. The van der Waals surface area contributed by atoms with Gasteiger partial charge in [0.2, 0.25) is 5.91 Å². The molecule has 0 saturated carbocycles. The van der Waals surface area contributed by atoms with E-state index in [2.05, 4.69) is 34.7 Å². The van der Waals surface area contributed by atoms with Crippen LogP contribution in [0.5, 0.6) is 0 Å². The lowest BCUT2D eigenvalue weighted by Crippen LogP contribution is -2.47. The predicted molar refractivity (Wildman–Crippen MR) is 84.2 cm³/mol. The van der Waals surface area contributed by atoms with Gasteiger partial charge in [-0.25, -0.2) is 4.79 Å². The Kier molecular flexibility index (Phi) is 9.01. The first-order chi connectivity index (χ1) is 10.2. The van der Waals surface area contributed by atoms with Gasteiger partial charge in [-0.3, -0.25) is 15.0 Å². The molecule has 0 aliphatic carbocycles. The van der Waals surface area contributed by atoms with Crippen LogP contribution in [0.3, 0.4) is 0 Å². The lowest BCUT2D eigenvalue weighted by molar-refractivity contribution is -0.121. The van der Waals surface area contributed by atoms with E-state index in [0.29, 0.717) is 12.6 Å². The third kappa shape index (κ3) is 8.02. The van der Waals surface area contributed by atoms with Crippen LogP contribution in [0.15, 0.2) is 0 Å². The standard InChI is InChI=1S/C15H30N4O2/c1-3-5-8-17-15(21)18-14(20)12-19(10-4-2)11-13-7-6-9-16-13/h13,16H,3-12H2,1-2H3,(H2,17,18,20,21). The van der Waals surface area contributed by atoms with Gasteiger partial charge in [-0.1, -0.05) is 20.3 Å². The molecule has 1 fully saturated rings. The number of urea groups is 1. The fourth-order valence-electron chi connectivity index (χ4n) is 2.57. The van der Waals surface area contributed by atoms with Crippen molar-refractivity contribution in [2.75, 3.05) is 32.7 Å². The number of nitrogens with zero attached hydrogens (tertiary/aromatic N) is 1. The van der Waals surface area contributed by atoms with Crippen molar-refractivity contribution in [2.45, 2.75) is 52.0 Å². The van der Waals surface area contributed by atoms with Crippen LogP contribution in [-0.4, -0.2) is 55.6 Å². The van der Waals surface area contributed by atoms with Gasteiger partial charge in [0.15, 0.2) is 0 Å². The van der Waals surface area contributed by atoms with Crippen molar-refractivity contribution in [3.8, 4) is 0 Å². The fraction of sp³-hybridized carbons (Fsp3) is 0.867. The topological polar surface area (TPSA) is 73.5 Å². The summed E-state index contributed by atoms with van der Waals surface area (Å²) in [6.07, 6.45) is 5.32. The summed E-state index contributed by atoms with van der Waals surface area (Å²) < 4.78 is 0. The van der Waals surface area contributed by atoms with Gasteiger partial charge in [0.05, 0.1) is 6.54 Å². The molecule has 1 saturated heterocycles. The summed E-state index contributed by atoms with van der Waals surface area (Å²) in [6.45, 7) is 7.88. The molecule has 0 spiro atoms. The van der Waals surface area contributed by atoms with E-state index in [1.807, 2.05) is 0 Å². The minimum absolute atomic E-state index is 0.226. The number of hydrogen-bond donors (Lipinski definition) is 3. The molecule has 0 aromatic carbocycles. The first-order valence-electron chi connectivity index (χ1n) is 8.19. The third-order valence-electron chi connectivity index (χ3n) is 3.62. The highest BCUT2D eigenvalue weighted by atomic mass is 16.2. The van der Waals surface area contributed by atoms with Crippen molar-refractivity contribution in [1.82, 2.24) is 20.9 Å². The Balaban J connectivity index is 2.28. The SMILES string of the molecule is CCCCNC(=O)NC(=O)CN(CCC)CC1CCCN1. The Labute approximate surface area is 128 Å². The van der Waals surface area contributed by atoms with E-state index in [1.165, 1.54) is 12.8 Å². The summed E-state index contributed by atoms with van der Waals surface area (Å²) in [5, 5.41) is 8.53. The molecule has 122 valence electrons. The maximum absolute atomic E-state index is 11.9. The van der Waals surface area contributed by atoms with Gasteiger partial charge in [-0.2, -0.15) is 0 Å². The number of carbonyl (C=O) groups excluding carboxylic acids is 2. The molecule has 21 heavy (non-hydrogen) atoms. The van der Waals surface area contributed by atoms with E-state index in [-0.39, 0.29) is 18.5 Å².